The molecule has 0 saturated heterocycles. The van der Waals surface area contributed by atoms with Crippen molar-refractivity contribution in [3.8, 4) is 0 Å². The molecule has 1 aliphatic rings. The van der Waals surface area contributed by atoms with E-state index in [0.29, 0.717) is 12.8 Å². The molecule has 4 nitrogen and oxygen atoms in total. The molecular weight excluding hydrogens is 330 g/mol. The van der Waals surface area contributed by atoms with Gasteiger partial charge in [0.1, 0.15) is 0 Å². The zero-order valence-electron chi connectivity index (χ0n) is 17.3. The number of esters is 1. The first-order valence-electron chi connectivity index (χ1n) is 9.35. The highest BCUT2D eigenvalue weighted by atomic mass is 28.3. The number of amides is 1. The lowest BCUT2D eigenvalue weighted by molar-refractivity contribution is -0.161. The lowest BCUT2D eigenvalue weighted by atomic mass is 9.84. The van der Waals surface area contributed by atoms with Gasteiger partial charge in [-0.15, -0.1) is 0 Å². The highest BCUT2D eigenvalue weighted by Crippen LogP contribution is 2.50. The van der Waals surface area contributed by atoms with E-state index in [1.165, 1.54) is 40.9 Å². The lowest BCUT2D eigenvalue weighted by Crippen LogP contribution is -2.45. The van der Waals surface area contributed by atoms with E-state index in [4.69, 9.17) is 4.74 Å². The Morgan fingerprint density at radius 3 is 2.04 bits per heavy atom. The Balaban J connectivity index is 3.58. The van der Waals surface area contributed by atoms with Gasteiger partial charge in [-0.1, -0.05) is 50.2 Å². The lowest BCUT2D eigenvalue weighted by Gasteiger charge is -2.32. The Labute approximate surface area is 154 Å². The van der Waals surface area contributed by atoms with Crippen LogP contribution in [0.15, 0.2) is 22.4 Å². The van der Waals surface area contributed by atoms with Gasteiger partial charge >= 0.3 is 5.97 Å². The second-order valence-corrected chi connectivity index (χ2v) is 12.8. The van der Waals surface area contributed by atoms with Gasteiger partial charge in [0.05, 0.1) is 15.2 Å². The number of nitrogens with zero attached hydrogens (tertiary/aromatic N) is 1. The van der Waals surface area contributed by atoms with E-state index in [0.717, 1.165) is 5.57 Å². The monoisotopic (exact) mass is 365 g/mol. The summed E-state index contributed by atoms with van der Waals surface area (Å²) in [4.78, 5) is 27.1. The largest absolute Gasteiger partial charge is 0.468 e. The van der Waals surface area contributed by atoms with Crippen LogP contribution in [-0.4, -0.2) is 46.1 Å². The summed E-state index contributed by atoms with van der Waals surface area (Å²) in [7, 11) is 3.24. The summed E-state index contributed by atoms with van der Waals surface area (Å²) in [6, 6.07) is 3.58. The van der Waals surface area contributed by atoms with Gasteiger partial charge in [0.15, 0.2) is 5.41 Å². The third-order valence-corrected chi connectivity index (χ3v) is 12.3. The SMILES string of the molecule is C/C=C1\C[C@](C(=O)OC)(C(=O)N(C)C)C\C1=C(/C)[Si](CC)(CC)CC. The van der Waals surface area contributed by atoms with Gasteiger partial charge in [-0.05, 0) is 37.8 Å². The molecule has 142 valence electrons. The zero-order valence-corrected chi connectivity index (χ0v) is 18.3. The number of hydrogen-bond donors (Lipinski definition) is 0. The summed E-state index contributed by atoms with van der Waals surface area (Å²) in [6.07, 6.45) is 2.99. The number of carbonyl (C=O) groups excluding carboxylic acids is 2. The van der Waals surface area contributed by atoms with Crippen LogP contribution >= 0.6 is 0 Å². The summed E-state index contributed by atoms with van der Waals surface area (Å²) >= 11 is 0. The van der Waals surface area contributed by atoms with E-state index >= 15 is 0 Å². The van der Waals surface area contributed by atoms with Crippen LogP contribution in [0, 0.1) is 5.41 Å². The molecule has 0 heterocycles. The number of ether oxygens (including phenoxy) is 1. The van der Waals surface area contributed by atoms with Crippen LogP contribution in [0.1, 0.15) is 47.5 Å². The first-order chi connectivity index (χ1) is 11.7. The number of hydrogen-bond acceptors (Lipinski definition) is 3. The number of rotatable bonds is 6. The van der Waals surface area contributed by atoms with Gasteiger partial charge in [-0.2, -0.15) is 0 Å². The summed E-state index contributed by atoms with van der Waals surface area (Å²) in [5.74, 6) is -0.566. The van der Waals surface area contributed by atoms with Crippen LogP contribution in [0.3, 0.4) is 0 Å². The van der Waals surface area contributed by atoms with Crippen molar-refractivity contribution in [3.05, 3.63) is 22.4 Å². The molecule has 0 aliphatic heterocycles. The van der Waals surface area contributed by atoms with E-state index in [-0.39, 0.29) is 5.91 Å². The molecule has 0 bridgehead atoms. The molecule has 0 aromatic heterocycles. The maximum absolute atomic E-state index is 12.9. The molecule has 25 heavy (non-hydrogen) atoms. The van der Waals surface area contributed by atoms with Crippen molar-refractivity contribution in [1.29, 1.82) is 0 Å². The van der Waals surface area contributed by atoms with Crippen LogP contribution < -0.4 is 0 Å². The summed E-state index contributed by atoms with van der Waals surface area (Å²) in [5, 5.41) is 1.46. The van der Waals surface area contributed by atoms with E-state index < -0.39 is 19.5 Å². The number of allylic oxidation sites excluding steroid dienone is 4. The first-order valence-corrected chi connectivity index (χ1v) is 12.0. The molecule has 1 fully saturated rings. The Morgan fingerprint density at radius 2 is 1.68 bits per heavy atom. The maximum Gasteiger partial charge on any atom is 0.322 e. The van der Waals surface area contributed by atoms with Crippen molar-refractivity contribution in [2.75, 3.05) is 21.2 Å². The normalized spacial score (nSPS) is 24.4. The van der Waals surface area contributed by atoms with Crippen molar-refractivity contribution in [2.24, 2.45) is 5.41 Å². The van der Waals surface area contributed by atoms with Crippen molar-refractivity contribution in [1.82, 2.24) is 4.90 Å². The van der Waals surface area contributed by atoms with E-state index in [1.54, 1.807) is 14.1 Å². The van der Waals surface area contributed by atoms with Crippen LogP contribution in [0.2, 0.25) is 18.1 Å². The molecule has 1 rings (SSSR count). The smallest absolute Gasteiger partial charge is 0.322 e. The molecule has 0 aromatic rings. The van der Waals surface area contributed by atoms with Crippen molar-refractivity contribution < 1.29 is 14.3 Å². The Kier molecular flexibility index (Phi) is 7.24. The molecule has 0 unspecified atom stereocenters. The fraction of sp³-hybridized carbons (Fsp3) is 0.700. The summed E-state index contributed by atoms with van der Waals surface area (Å²) in [5.41, 5.74) is 1.28. The minimum atomic E-state index is -1.55. The van der Waals surface area contributed by atoms with E-state index in [2.05, 4.69) is 33.8 Å². The molecule has 1 amide bonds. The van der Waals surface area contributed by atoms with Crippen molar-refractivity contribution in [2.45, 2.75) is 65.6 Å². The number of methoxy groups -OCH3 is 1. The summed E-state index contributed by atoms with van der Waals surface area (Å²) < 4.78 is 5.07. The van der Waals surface area contributed by atoms with Crippen molar-refractivity contribution in [3.63, 3.8) is 0 Å². The second-order valence-electron chi connectivity index (χ2n) is 7.39. The van der Waals surface area contributed by atoms with Crippen LogP contribution in [0.4, 0.5) is 0 Å². The highest BCUT2D eigenvalue weighted by Gasteiger charge is 2.54. The molecule has 1 atom stereocenters. The first kappa shape index (κ1) is 21.7. The predicted octanol–water partition coefficient (Wildman–Crippen LogP) is 4.34. The Bertz CT molecular complexity index is 579. The van der Waals surface area contributed by atoms with Gasteiger partial charge in [0, 0.05) is 14.1 Å². The van der Waals surface area contributed by atoms with Crippen LogP contribution in [0.5, 0.6) is 0 Å². The fourth-order valence-electron chi connectivity index (χ4n) is 4.43. The van der Waals surface area contributed by atoms with Crippen LogP contribution in [-0.2, 0) is 14.3 Å². The van der Waals surface area contributed by atoms with Gasteiger partial charge in [-0.25, -0.2) is 0 Å². The van der Waals surface area contributed by atoms with E-state index in [1.807, 2.05) is 6.92 Å². The molecule has 1 saturated carbocycles. The molecule has 0 N–H and O–H groups in total. The maximum atomic E-state index is 12.9. The number of carbonyl (C=O) groups is 2. The Hall–Kier alpha value is -1.36. The topological polar surface area (TPSA) is 46.6 Å². The Morgan fingerprint density at radius 1 is 1.16 bits per heavy atom. The van der Waals surface area contributed by atoms with E-state index in [9.17, 15) is 9.59 Å². The minimum absolute atomic E-state index is 0.154. The second kappa shape index (κ2) is 8.34. The van der Waals surface area contributed by atoms with Gasteiger partial charge in [-0.3, -0.25) is 9.59 Å². The molecule has 1 aliphatic carbocycles. The van der Waals surface area contributed by atoms with Crippen molar-refractivity contribution >= 4 is 20.0 Å². The zero-order chi connectivity index (χ0) is 19.4. The molecule has 0 spiro atoms. The third kappa shape index (κ3) is 3.62. The average Bonchev–Trinajstić information content (AvgIpc) is 3.02. The average molecular weight is 366 g/mol. The third-order valence-electron chi connectivity index (χ3n) is 6.38. The predicted molar refractivity (Wildman–Crippen MR) is 106 cm³/mol. The molecule has 0 aromatic carbocycles. The van der Waals surface area contributed by atoms with Crippen LogP contribution in [0.25, 0.3) is 0 Å². The van der Waals surface area contributed by atoms with Gasteiger partial charge in [0.2, 0.25) is 5.91 Å². The highest BCUT2D eigenvalue weighted by molar-refractivity contribution is 6.86. The van der Waals surface area contributed by atoms with Gasteiger partial charge in [0.25, 0.3) is 0 Å². The standard InChI is InChI=1S/C20H35NO3Si/c1-9-16-13-20(19(23)24-8,18(22)21(6)7)14-17(16)15(5)25(10-2,11-3)12-4/h9H,10-14H2,1-8H3/b16-9+,17-15-/t20-/m1/s1. The molecular formula is C20H35NO3Si. The fourth-order valence-corrected chi connectivity index (χ4v) is 8.41. The quantitative estimate of drug-likeness (QED) is 0.400. The minimum Gasteiger partial charge on any atom is -0.468 e. The summed E-state index contributed by atoms with van der Waals surface area (Å²) in [6.45, 7) is 11.1. The van der Waals surface area contributed by atoms with Gasteiger partial charge < -0.3 is 9.64 Å². The molecule has 5 heteroatoms. The molecule has 0 radical (unpaired) electrons.